The number of aryl methyl sites for hydroxylation is 1. The van der Waals surface area contributed by atoms with Crippen molar-refractivity contribution in [1.82, 2.24) is 15.5 Å². The summed E-state index contributed by atoms with van der Waals surface area (Å²) in [5, 5.41) is 22.2. The lowest BCUT2D eigenvalue weighted by atomic mass is 10.2. The zero-order chi connectivity index (χ0) is 14.5. The fourth-order valence-electron chi connectivity index (χ4n) is 1.69. The second-order valence-electron chi connectivity index (χ2n) is 4.35. The van der Waals surface area contributed by atoms with Crippen molar-refractivity contribution in [3.63, 3.8) is 0 Å². The highest BCUT2D eigenvalue weighted by molar-refractivity contribution is 5.83. The number of nitriles is 1. The Morgan fingerprint density at radius 3 is 2.90 bits per heavy atom. The molecule has 0 amide bonds. The molecule has 1 heterocycles. The van der Waals surface area contributed by atoms with E-state index in [-0.39, 0.29) is 0 Å². The van der Waals surface area contributed by atoms with Crippen molar-refractivity contribution in [1.29, 1.82) is 5.26 Å². The van der Waals surface area contributed by atoms with E-state index in [1.807, 2.05) is 38.1 Å². The molecule has 2 aromatic rings. The molecule has 20 heavy (non-hydrogen) atoms. The Hall–Kier alpha value is -2.81. The van der Waals surface area contributed by atoms with Gasteiger partial charge in [-0.05, 0) is 31.5 Å². The van der Waals surface area contributed by atoms with E-state index >= 15 is 0 Å². The van der Waals surface area contributed by atoms with Crippen LogP contribution < -0.4 is 10.6 Å². The van der Waals surface area contributed by atoms with Crippen LogP contribution in [0.5, 0.6) is 0 Å². The van der Waals surface area contributed by atoms with Gasteiger partial charge in [-0.1, -0.05) is 12.1 Å². The molecule has 2 rings (SSSR count). The van der Waals surface area contributed by atoms with E-state index in [1.54, 1.807) is 7.05 Å². The first-order valence-corrected chi connectivity index (χ1v) is 6.19. The van der Waals surface area contributed by atoms with Crippen molar-refractivity contribution in [3.8, 4) is 6.07 Å². The monoisotopic (exact) mass is 268 g/mol. The number of aromatic amines is 1. The molecule has 0 unspecified atom stereocenters. The predicted molar refractivity (Wildman–Crippen MR) is 79.6 cm³/mol. The molecule has 0 fully saturated rings. The number of amidine groups is 1. The number of H-pyrrole nitrogens is 1. The second-order valence-corrected chi connectivity index (χ2v) is 4.35. The lowest BCUT2D eigenvalue weighted by Crippen LogP contribution is -2.12. The van der Waals surface area contributed by atoms with Crippen LogP contribution in [0.15, 0.2) is 29.3 Å². The third-order valence-electron chi connectivity index (χ3n) is 2.78. The molecular weight excluding hydrogens is 252 g/mol. The summed E-state index contributed by atoms with van der Waals surface area (Å²) in [4.78, 5) is 4.25. The lowest BCUT2D eigenvalue weighted by molar-refractivity contribution is 1.07. The Morgan fingerprint density at radius 1 is 1.45 bits per heavy atom. The summed E-state index contributed by atoms with van der Waals surface area (Å²) in [6.07, 6.45) is 0. The third kappa shape index (κ3) is 2.95. The molecule has 102 valence electrons. The van der Waals surface area contributed by atoms with Gasteiger partial charge in [0, 0.05) is 12.7 Å². The van der Waals surface area contributed by atoms with Gasteiger partial charge in [0.25, 0.3) is 0 Å². The minimum absolute atomic E-state index is 0.390. The van der Waals surface area contributed by atoms with Crippen LogP contribution >= 0.6 is 0 Å². The number of rotatable bonds is 3. The van der Waals surface area contributed by atoms with Crippen molar-refractivity contribution < 1.29 is 0 Å². The van der Waals surface area contributed by atoms with E-state index in [4.69, 9.17) is 0 Å². The molecule has 1 aromatic carbocycles. The van der Waals surface area contributed by atoms with Gasteiger partial charge in [0.1, 0.15) is 17.5 Å². The van der Waals surface area contributed by atoms with Gasteiger partial charge in [-0.25, -0.2) is 4.99 Å². The maximum Gasteiger partial charge on any atom is 0.172 e. The topological polar surface area (TPSA) is 88.9 Å². The summed E-state index contributed by atoms with van der Waals surface area (Å²) in [6.45, 7) is 3.82. The molecule has 0 atom stereocenters. The maximum atomic E-state index is 9.27. The number of anilines is 2. The summed E-state index contributed by atoms with van der Waals surface area (Å²) < 4.78 is 0. The first-order valence-electron chi connectivity index (χ1n) is 6.19. The number of hydrogen-bond donors (Lipinski definition) is 3. The number of aliphatic imine (C=N–C) groups is 1. The lowest BCUT2D eigenvalue weighted by Gasteiger charge is -2.04. The standard InChI is InChI=1S/C14H16N6/c1-9-5-4-6-11(7-9)18-14-12(8-15)13(19-20-14)17-10(2)16-3/h4-7H,1-3H3,(H3,16,17,18,19,20). The summed E-state index contributed by atoms with van der Waals surface area (Å²) >= 11 is 0. The highest BCUT2D eigenvalue weighted by Crippen LogP contribution is 2.25. The summed E-state index contributed by atoms with van der Waals surface area (Å²) in [6, 6.07) is 9.97. The molecule has 0 saturated carbocycles. The number of aromatic nitrogens is 2. The van der Waals surface area contributed by atoms with Crippen molar-refractivity contribution >= 4 is 23.2 Å². The Morgan fingerprint density at radius 2 is 2.25 bits per heavy atom. The van der Waals surface area contributed by atoms with Gasteiger partial charge in [0.05, 0.1) is 0 Å². The van der Waals surface area contributed by atoms with Crippen LogP contribution in [0.3, 0.4) is 0 Å². The zero-order valence-corrected chi connectivity index (χ0v) is 11.7. The van der Waals surface area contributed by atoms with Gasteiger partial charge in [-0.2, -0.15) is 10.4 Å². The van der Waals surface area contributed by atoms with Crippen LogP contribution in [0.4, 0.5) is 17.3 Å². The van der Waals surface area contributed by atoms with E-state index in [9.17, 15) is 5.26 Å². The fourth-order valence-corrected chi connectivity index (χ4v) is 1.69. The molecule has 0 aliphatic rings. The molecule has 1 aromatic heterocycles. The van der Waals surface area contributed by atoms with Crippen LogP contribution in [0.25, 0.3) is 0 Å². The van der Waals surface area contributed by atoms with E-state index in [1.165, 1.54) is 0 Å². The highest BCUT2D eigenvalue weighted by Gasteiger charge is 2.12. The predicted octanol–water partition coefficient (Wildman–Crippen LogP) is 2.60. The van der Waals surface area contributed by atoms with Gasteiger partial charge in [-0.15, -0.1) is 0 Å². The van der Waals surface area contributed by atoms with Crippen molar-refractivity contribution in [2.24, 2.45) is 4.99 Å². The van der Waals surface area contributed by atoms with Gasteiger partial charge in [-0.3, -0.25) is 5.10 Å². The van der Waals surface area contributed by atoms with E-state index in [0.29, 0.717) is 23.0 Å². The molecule has 0 bridgehead atoms. The molecule has 6 heteroatoms. The van der Waals surface area contributed by atoms with Crippen molar-refractivity contribution in [2.75, 3.05) is 12.4 Å². The normalized spacial score (nSPS) is 11.0. The van der Waals surface area contributed by atoms with E-state index in [0.717, 1.165) is 11.3 Å². The van der Waals surface area contributed by atoms with E-state index in [2.05, 4.69) is 31.9 Å². The molecule has 0 saturated heterocycles. The first kappa shape index (κ1) is 13.6. The smallest absolute Gasteiger partial charge is 0.172 e. The summed E-state index contributed by atoms with van der Waals surface area (Å²) in [5.41, 5.74) is 2.41. The van der Waals surface area contributed by atoms with Crippen molar-refractivity contribution in [3.05, 3.63) is 35.4 Å². The van der Waals surface area contributed by atoms with Gasteiger partial charge < -0.3 is 10.6 Å². The number of hydrogen-bond acceptors (Lipinski definition) is 4. The molecule has 0 aliphatic heterocycles. The quantitative estimate of drug-likeness (QED) is 0.589. The van der Waals surface area contributed by atoms with Crippen LogP contribution in [-0.4, -0.2) is 23.1 Å². The maximum absolute atomic E-state index is 9.27. The minimum atomic E-state index is 0.390. The average Bonchev–Trinajstić information content (AvgIpc) is 2.80. The van der Waals surface area contributed by atoms with Crippen LogP contribution in [0.2, 0.25) is 0 Å². The molecule has 0 radical (unpaired) electrons. The van der Waals surface area contributed by atoms with Gasteiger partial charge >= 0.3 is 0 Å². The molecular formula is C14H16N6. The Labute approximate surface area is 117 Å². The second kappa shape index (κ2) is 5.89. The highest BCUT2D eigenvalue weighted by atomic mass is 15.2. The average molecular weight is 268 g/mol. The zero-order valence-electron chi connectivity index (χ0n) is 11.7. The molecule has 6 nitrogen and oxygen atoms in total. The van der Waals surface area contributed by atoms with Gasteiger partial charge in [0.2, 0.25) is 0 Å². The SMILES string of the molecule is CNC(C)=Nc1[nH]nc(Nc2cccc(C)c2)c1C#N. The number of benzene rings is 1. The fraction of sp³-hybridized carbons (Fsp3) is 0.214. The van der Waals surface area contributed by atoms with E-state index < -0.39 is 0 Å². The molecule has 0 spiro atoms. The minimum Gasteiger partial charge on any atom is -0.377 e. The van der Waals surface area contributed by atoms with Crippen LogP contribution in [0, 0.1) is 18.3 Å². The third-order valence-corrected chi connectivity index (χ3v) is 2.78. The van der Waals surface area contributed by atoms with Gasteiger partial charge in [0.15, 0.2) is 11.6 Å². The van der Waals surface area contributed by atoms with Crippen LogP contribution in [0.1, 0.15) is 18.1 Å². The number of nitrogens with one attached hydrogen (secondary N) is 3. The first-order chi connectivity index (χ1) is 9.63. The Bertz CT molecular complexity index is 677. The Balaban J connectivity index is 2.32. The molecule has 3 N–H and O–H groups in total. The molecule has 0 aliphatic carbocycles. The summed E-state index contributed by atoms with van der Waals surface area (Å²) in [7, 11) is 1.77. The largest absolute Gasteiger partial charge is 0.377 e. The number of nitrogens with zero attached hydrogens (tertiary/aromatic N) is 3. The van der Waals surface area contributed by atoms with Crippen molar-refractivity contribution in [2.45, 2.75) is 13.8 Å². The summed E-state index contributed by atoms with van der Waals surface area (Å²) in [5.74, 6) is 1.61. The van der Waals surface area contributed by atoms with Crippen LogP contribution in [-0.2, 0) is 0 Å². The Kier molecular flexibility index (Phi) is 4.01.